The lowest BCUT2D eigenvalue weighted by Crippen LogP contribution is -2.01. The van der Waals surface area contributed by atoms with Crippen molar-refractivity contribution < 1.29 is 0 Å². The summed E-state index contributed by atoms with van der Waals surface area (Å²) in [4.78, 5) is 5.43. The Hall–Kier alpha value is -0.940. The van der Waals surface area contributed by atoms with Crippen LogP contribution in [0.25, 0.3) is 4.96 Å². The van der Waals surface area contributed by atoms with Crippen molar-refractivity contribution in [3.8, 4) is 0 Å². The summed E-state index contributed by atoms with van der Waals surface area (Å²) in [6.07, 6.45) is 2.49. The van der Waals surface area contributed by atoms with E-state index in [1.54, 1.807) is 11.3 Å². The maximum atomic E-state index is 5.58. The van der Waals surface area contributed by atoms with E-state index < -0.39 is 0 Å². The van der Waals surface area contributed by atoms with Crippen LogP contribution in [0, 0.1) is 0 Å². The molecule has 68 valence electrons. The highest BCUT2D eigenvalue weighted by atomic mass is 32.1. The molecule has 2 N–H and O–H groups in total. The molecule has 5 heteroatoms. The third-order valence-corrected chi connectivity index (χ3v) is 3.18. The molecule has 0 aromatic carbocycles. The fourth-order valence-corrected chi connectivity index (χ4v) is 2.24. The zero-order valence-corrected chi connectivity index (χ0v) is 7.92. The Bertz CT molecular complexity index is 440. The first-order valence-electron chi connectivity index (χ1n) is 4.41. The normalized spacial score (nSPS) is 17.0. The van der Waals surface area contributed by atoms with Crippen LogP contribution in [0.3, 0.4) is 0 Å². The molecule has 0 bridgehead atoms. The lowest BCUT2D eigenvalue weighted by atomic mass is 10.4. The van der Waals surface area contributed by atoms with Gasteiger partial charge in [0, 0.05) is 17.8 Å². The zero-order valence-electron chi connectivity index (χ0n) is 7.10. The Balaban J connectivity index is 2.16. The van der Waals surface area contributed by atoms with Crippen LogP contribution in [0.5, 0.6) is 0 Å². The molecule has 13 heavy (non-hydrogen) atoms. The molecule has 0 radical (unpaired) electrons. The van der Waals surface area contributed by atoms with E-state index >= 15 is 0 Å². The number of thiazole rings is 1. The smallest absolute Gasteiger partial charge is 0.212 e. The summed E-state index contributed by atoms with van der Waals surface area (Å²) in [5, 5.41) is 6.46. The topological polar surface area (TPSA) is 56.2 Å². The highest BCUT2D eigenvalue weighted by molar-refractivity contribution is 7.15. The van der Waals surface area contributed by atoms with Crippen LogP contribution < -0.4 is 5.73 Å². The fraction of sp³-hybridized carbons (Fsp3) is 0.500. The van der Waals surface area contributed by atoms with Gasteiger partial charge >= 0.3 is 0 Å². The number of rotatable bonds is 2. The average molecular weight is 194 g/mol. The molecule has 0 atom stereocenters. The van der Waals surface area contributed by atoms with Crippen LogP contribution in [0.2, 0.25) is 0 Å². The molecule has 0 spiro atoms. The molecule has 1 aliphatic carbocycles. The molecule has 3 rings (SSSR count). The molecular formula is C8H10N4S. The highest BCUT2D eigenvalue weighted by Gasteiger charge is 2.28. The van der Waals surface area contributed by atoms with Crippen LogP contribution in [0.1, 0.15) is 30.3 Å². The minimum atomic E-state index is 0.535. The quantitative estimate of drug-likeness (QED) is 0.779. The number of hydrogen-bond acceptors (Lipinski definition) is 4. The minimum absolute atomic E-state index is 0.535. The molecule has 2 aromatic heterocycles. The van der Waals surface area contributed by atoms with Crippen LogP contribution in [-0.4, -0.2) is 14.6 Å². The second-order valence-electron chi connectivity index (χ2n) is 3.37. The molecule has 1 saturated carbocycles. The van der Waals surface area contributed by atoms with E-state index in [4.69, 9.17) is 5.73 Å². The fourth-order valence-electron chi connectivity index (χ4n) is 1.40. The van der Waals surface area contributed by atoms with Gasteiger partial charge in [-0.1, -0.05) is 0 Å². The van der Waals surface area contributed by atoms with E-state index in [9.17, 15) is 0 Å². The van der Waals surface area contributed by atoms with Crippen molar-refractivity contribution in [1.29, 1.82) is 0 Å². The SMILES string of the molecule is NCc1csc2nc(C3CC3)nn12. The second kappa shape index (κ2) is 2.52. The molecule has 1 fully saturated rings. The van der Waals surface area contributed by atoms with E-state index in [1.807, 2.05) is 9.90 Å². The highest BCUT2D eigenvalue weighted by Crippen LogP contribution is 2.38. The molecule has 0 aliphatic heterocycles. The van der Waals surface area contributed by atoms with E-state index in [0.717, 1.165) is 16.5 Å². The van der Waals surface area contributed by atoms with Gasteiger partial charge in [-0.25, -0.2) is 9.50 Å². The van der Waals surface area contributed by atoms with Gasteiger partial charge in [-0.05, 0) is 12.8 Å². The number of hydrogen-bond donors (Lipinski definition) is 1. The lowest BCUT2D eigenvalue weighted by molar-refractivity contribution is 0.826. The molecule has 1 aliphatic rings. The third-order valence-electron chi connectivity index (χ3n) is 2.32. The Kier molecular flexibility index (Phi) is 1.45. The number of nitrogens with zero attached hydrogens (tertiary/aromatic N) is 3. The summed E-state index contributed by atoms with van der Waals surface area (Å²) in [5.41, 5.74) is 6.63. The predicted octanol–water partition coefficient (Wildman–Crippen LogP) is 1.13. The molecule has 2 aromatic rings. The van der Waals surface area contributed by atoms with Crippen molar-refractivity contribution in [3.05, 3.63) is 16.9 Å². The van der Waals surface area contributed by atoms with Crippen molar-refractivity contribution in [2.75, 3.05) is 0 Å². The third kappa shape index (κ3) is 1.08. The van der Waals surface area contributed by atoms with Crippen LogP contribution in [0.4, 0.5) is 0 Å². The maximum Gasteiger partial charge on any atom is 0.212 e. The Morgan fingerprint density at radius 1 is 1.62 bits per heavy atom. The Morgan fingerprint density at radius 2 is 2.46 bits per heavy atom. The van der Waals surface area contributed by atoms with Crippen LogP contribution >= 0.6 is 11.3 Å². The summed E-state index contributed by atoms with van der Waals surface area (Å²) in [5.74, 6) is 1.62. The molecule has 0 saturated heterocycles. The van der Waals surface area contributed by atoms with E-state index in [1.165, 1.54) is 12.8 Å². The van der Waals surface area contributed by atoms with Gasteiger partial charge in [0.05, 0.1) is 5.69 Å². The van der Waals surface area contributed by atoms with Crippen molar-refractivity contribution in [3.63, 3.8) is 0 Å². The Morgan fingerprint density at radius 3 is 3.15 bits per heavy atom. The first-order chi connectivity index (χ1) is 6.38. The number of nitrogens with two attached hydrogens (primary N) is 1. The van der Waals surface area contributed by atoms with Gasteiger partial charge in [-0.15, -0.1) is 16.4 Å². The van der Waals surface area contributed by atoms with E-state index in [-0.39, 0.29) is 0 Å². The lowest BCUT2D eigenvalue weighted by Gasteiger charge is -1.89. The molecule has 0 amide bonds. The molecule has 0 unspecified atom stereocenters. The zero-order chi connectivity index (χ0) is 8.84. The van der Waals surface area contributed by atoms with Gasteiger partial charge in [0.2, 0.25) is 4.96 Å². The van der Waals surface area contributed by atoms with Gasteiger partial charge in [-0.3, -0.25) is 0 Å². The minimum Gasteiger partial charge on any atom is -0.325 e. The number of aromatic nitrogens is 3. The van der Waals surface area contributed by atoms with Crippen molar-refractivity contribution in [2.24, 2.45) is 5.73 Å². The average Bonchev–Trinajstić information content (AvgIpc) is 2.78. The summed E-state index contributed by atoms with van der Waals surface area (Å²) in [6.45, 7) is 0.535. The van der Waals surface area contributed by atoms with Crippen molar-refractivity contribution in [2.45, 2.75) is 25.3 Å². The van der Waals surface area contributed by atoms with Crippen molar-refractivity contribution in [1.82, 2.24) is 14.6 Å². The Labute approximate surface area is 79.4 Å². The molecular weight excluding hydrogens is 184 g/mol. The largest absolute Gasteiger partial charge is 0.325 e. The van der Waals surface area contributed by atoms with Crippen molar-refractivity contribution >= 4 is 16.3 Å². The first-order valence-corrected chi connectivity index (χ1v) is 5.29. The van der Waals surface area contributed by atoms with Gasteiger partial charge < -0.3 is 5.73 Å². The van der Waals surface area contributed by atoms with Gasteiger partial charge in [-0.2, -0.15) is 0 Å². The molecule has 4 nitrogen and oxygen atoms in total. The van der Waals surface area contributed by atoms with Gasteiger partial charge in [0.1, 0.15) is 0 Å². The van der Waals surface area contributed by atoms with Crippen LogP contribution in [-0.2, 0) is 6.54 Å². The number of fused-ring (bicyclic) bond motifs is 1. The summed E-state index contributed by atoms with van der Waals surface area (Å²) in [7, 11) is 0. The standard InChI is InChI=1S/C8H10N4S/c9-3-6-4-13-8-10-7(5-1-2-5)11-12(6)8/h4-5H,1-3,9H2. The molecule has 2 heterocycles. The first kappa shape index (κ1) is 7.46. The predicted molar refractivity (Wildman–Crippen MR) is 50.7 cm³/mol. The van der Waals surface area contributed by atoms with Crippen LogP contribution in [0.15, 0.2) is 5.38 Å². The summed E-state index contributed by atoms with van der Waals surface area (Å²) >= 11 is 1.61. The maximum absolute atomic E-state index is 5.58. The second-order valence-corrected chi connectivity index (χ2v) is 4.21. The van der Waals surface area contributed by atoms with E-state index in [2.05, 4.69) is 10.1 Å². The summed E-state index contributed by atoms with van der Waals surface area (Å²) < 4.78 is 1.87. The summed E-state index contributed by atoms with van der Waals surface area (Å²) in [6, 6.07) is 0. The van der Waals surface area contributed by atoms with Gasteiger partial charge in [0.25, 0.3) is 0 Å². The van der Waals surface area contributed by atoms with E-state index in [0.29, 0.717) is 12.5 Å². The monoisotopic (exact) mass is 194 g/mol. The van der Waals surface area contributed by atoms with Gasteiger partial charge in [0.15, 0.2) is 5.82 Å².